The summed E-state index contributed by atoms with van der Waals surface area (Å²) in [4.78, 5) is 7.34. The van der Waals surface area contributed by atoms with Crippen molar-refractivity contribution in [1.29, 1.82) is 0 Å². The van der Waals surface area contributed by atoms with Crippen molar-refractivity contribution in [3.63, 3.8) is 0 Å². The molecule has 0 aliphatic heterocycles. The number of nitrogens with zero attached hydrogens (tertiary/aromatic N) is 4. The summed E-state index contributed by atoms with van der Waals surface area (Å²) in [6, 6.07) is 14.3. The first-order valence-electron chi connectivity index (χ1n) is 7.95. The zero-order valence-electron chi connectivity index (χ0n) is 14.5. The molecule has 2 aromatic carbocycles. The van der Waals surface area contributed by atoms with Crippen LogP contribution in [0, 0.1) is 6.92 Å². The Hall–Kier alpha value is -2.96. The van der Waals surface area contributed by atoms with Crippen molar-refractivity contribution >= 4 is 22.4 Å². The Morgan fingerprint density at radius 2 is 1.65 bits per heavy atom. The second-order valence-electron chi connectivity index (χ2n) is 5.96. The number of para-hydroxylation sites is 1. The summed E-state index contributed by atoms with van der Waals surface area (Å²) in [6.45, 7) is 3.78. The average molecular weight is 358 g/mol. The van der Waals surface area contributed by atoms with Crippen LogP contribution in [0.2, 0.25) is 0 Å². The smallest absolute Gasteiger partial charge is 0.250 e. The largest absolute Gasteiger partial charge is 0.451 e. The van der Waals surface area contributed by atoms with Crippen LogP contribution >= 0.6 is 0 Å². The molecule has 3 aromatic rings. The van der Waals surface area contributed by atoms with Gasteiger partial charge >= 0.3 is 6.18 Å². The van der Waals surface area contributed by atoms with Gasteiger partial charge in [-0.25, -0.2) is 9.97 Å². The van der Waals surface area contributed by atoms with Gasteiger partial charge in [0.2, 0.25) is 5.82 Å². The molecule has 0 aliphatic rings. The van der Waals surface area contributed by atoms with E-state index in [1.54, 1.807) is 32.2 Å². The van der Waals surface area contributed by atoms with E-state index in [1.165, 1.54) is 11.1 Å². The number of hydrazone groups is 1. The quantitative estimate of drug-likeness (QED) is 0.498. The number of hydrogen-bond acceptors (Lipinski definition) is 4. The Morgan fingerprint density at radius 1 is 1.00 bits per heavy atom. The second-order valence-corrected chi connectivity index (χ2v) is 5.96. The van der Waals surface area contributed by atoms with Gasteiger partial charge in [-0.3, -0.25) is 5.01 Å². The molecule has 7 heteroatoms. The van der Waals surface area contributed by atoms with E-state index in [9.17, 15) is 13.2 Å². The van der Waals surface area contributed by atoms with Gasteiger partial charge in [0.25, 0.3) is 0 Å². The Kier molecular flexibility index (Phi) is 4.63. The van der Waals surface area contributed by atoms with E-state index >= 15 is 0 Å². The maximum absolute atomic E-state index is 13.1. The van der Waals surface area contributed by atoms with Crippen molar-refractivity contribution < 1.29 is 13.2 Å². The highest BCUT2D eigenvalue weighted by Gasteiger charge is 2.36. The van der Waals surface area contributed by atoms with E-state index < -0.39 is 12.0 Å². The Bertz CT molecular complexity index is 963. The molecule has 0 unspecified atom stereocenters. The highest BCUT2D eigenvalue weighted by atomic mass is 19.4. The van der Waals surface area contributed by atoms with Crippen molar-refractivity contribution in [3.8, 4) is 0 Å². The van der Waals surface area contributed by atoms with E-state index in [4.69, 9.17) is 0 Å². The lowest BCUT2D eigenvalue weighted by Gasteiger charge is -2.17. The maximum atomic E-state index is 13.1. The molecule has 0 aliphatic carbocycles. The van der Waals surface area contributed by atoms with Crippen LogP contribution in [0.3, 0.4) is 0 Å². The van der Waals surface area contributed by atoms with Crippen molar-refractivity contribution in [2.24, 2.45) is 5.10 Å². The third-order valence-electron chi connectivity index (χ3n) is 3.91. The van der Waals surface area contributed by atoms with Crippen LogP contribution in [0.5, 0.6) is 0 Å². The molecule has 4 nitrogen and oxygen atoms in total. The highest BCUT2D eigenvalue weighted by Crippen LogP contribution is 2.31. The van der Waals surface area contributed by atoms with Gasteiger partial charge in [-0.15, -0.1) is 0 Å². The summed E-state index contributed by atoms with van der Waals surface area (Å²) in [5, 5.41) is 6.27. The number of hydrogen-bond donors (Lipinski definition) is 0. The molecule has 0 atom stereocenters. The number of alkyl halides is 3. The van der Waals surface area contributed by atoms with Crippen LogP contribution in [0.25, 0.3) is 10.9 Å². The van der Waals surface area contributed by atoms with Crippen molar-refractivity contribution in [2.75, 3.05) is 12.1 Å². The minimum atomic E-state index is -4.63. The summed E-state index contributed by atoms with van der Waals surface area (Å²) in [5.74, 6) is -1.07. The van der Waals surface area contributed by atoms with E-state index in [-0.39, 0.29) is 11.3 Å². The van der Waals surface area contributed by atoms with Crippen molar-refractivity contribution in [3.05, 3.63) is 65.5 Å². The zero-order valence-corrected chi connectivity index (χ0v) is 14.5. The fraction of sp³-hybridized carbons (Fsp3) is 0.211. The van der Waals surface area contributed by atoms with Gasteiger partial charge in [-0.05, 0) is 31.5 Å². The van der Waals surface area contributed by atoms with Crippen LogP contribution < -0.4 is 5.01 Å². The predicted molar refractivity (Wildman–Crippen MR) is 96.3 cm³/mol. The van der Waals surface area contributed by atoms with Gasteiger partial charge in [0.05, 0.1) is 11.2 Å². The molecular formula is C19H17F3N4. The standard InChI is InChI=1S/C19H17F3N4/c1-12-8-10-14(11-9-12)13(2)25-26(3)17-15-6-4-5-7-16(15)23-18(24-17)19(20,21)22/h4-11H,1-3H3/b25-13+. The van der Waals surface area contributed by atoms with Crippen LogP contribution in [-0.2, 0) is 6.18 Å². The number of benzene rings is 2. The van der Waals surface area contributed by atoms with Gasteiger partial charge in [0.1, 0.15) is 0 Å². The maximum Gasteiger partial charge on any atom is 0.451 e. The molecule has 0 fully saturated rings. The second kappa shape index (κ2) is 6.74. The topological polar surface area (TPSA) is 41.4 Å². The van der Waals surface area contributed by atoms with E-state index in [0.717, 1.165) is 11.1 Å². The van der Waals surface area contributed by atoms with Gasteiger partial charge in [0.15, 0.2) is 5.82 Å². The summed E-state index contributed by atoms with van der Waals surface area (Å²) in [6.07, 6.45) is -4.63. The van der Waals surface area contributed by atoms with Gasteiger partial charge in [0, 0.05) is 12.4 Å². The minimum Gasteiger partial charge on any atom is -0.250 e. The van der Waals surface area contributed by atoms with E-state index in [2.05, 4.69) is 15.1 Å². The first-order valence-corrected chi connectivity index (χ1v) is 7.95. The van der Waals surface area contributed by atoms with Crippen molar-refractivity contribution in [2.45, 2.75) is 20.0 Å². The summed E-state index contributed by atoms with van der Waals surface area (Å²) >= 11 is 0. The Labute approximate surface area is 149 Å². The molecule has 3 rings (SSSR count). The highest BCUT2D eigenvalue weighted by molar-refractivity contribution is 5.99. The SMILES string of the molecule is C/C(=N\N(C)c1nc(C(F)(F)F)nc2ccccc12)c1ccc(C)cc1. The Morgan fingerprint density at radius 3 is 2.31 bits per heavy atom. The molecule has 0 amide bonds. The molecule has 0 bridgehead atoms. The molecule has 0 saturated heterocycles. The fourth-order valence-electron chi connectivity index (χ4n) is 2.56. The Balaban J connectivity index is 2.08. The number of anilines is 1. The van der Waals surface area contributed by atoms with Crippen LogP contribution in [-0.4, -0.2) is 22.7 Å². The number of aryl methyl sites for hydroxylation is 1. The first kappa shape index (κ1) is 17.8. The van der Waals surface area contributed by atoms with E-state index in [1.807, 2.05) is 31.2 Å². The molecule has 0 radical (unpaired) electrons. The molecule has 0 saturated carbocycles. The van der Waals surface area contributed by atoms with Gasteiger partial charge in [-0.2, -0.15) is 18.3 Å². The first-order chi connectivity index (χ1) is 12.3. The molecule has 1 heterocycles. The third-order valence-corrected chi connectivity index (χ3v) is 3.91. The predicted octanol–water partition coefficient (Wildman–Crippen LogP) is 4.82. The number of fused-ring (bicyclic) bond motifs is 1. The third kappa shape index (κ3) is 3.66. The van der Waals surface area contributed by atoms with Gasteiger partial charge in [-0.1, -0.05) is 42.0 Å². The molecular weight excluding hydrogens is 341 g/mol. The van der Waals surface area contributed by atoms with Crippen molar-refractivity contribution in [1.82, 2.24) is 9.97 Å². The lowest BCUT2D eigenvalue weighted by Crippen LogP contribution is -2.18. The fourth-order valence-corrected chi connectivity index (χ4v) is 2.56. The summed E-state index contributed by atoms with van der Waals surface area (Å²) in [7, 11) is 1.58. The molecule has 0 spiro atoms. The van der Waals surface area contributed by atoms with E-state index in [0.29, 0.717) is 11.1 Å². The van der Waals surface area contributed by atoms with Crippen LogP contribution in [0.1, 0.15) is 23.9 Å². The molecule has 0 N–H and O–H groups in total. The lowest BCUT2D eigenvalue weighted by atomic mass is 10.1. The molecule has 134 valence electrons. The number of rotatable bonds is 3. The monoisotopic (exact) mass is 358 g/mol. The summed E-state index contributed by atoms with van der Waals surface area (Å²) in [5.41, 5.74) is 2.90. The molecule has 26 heavy (non-hydrogen) atoms. The normalized spacial score (nSPS) is 12.5. The average Bonchev–Trinajstić information content (AvgIpc) is 2.60. The lowest BCUT2D eigenvalue weighted by molar-refractivity contribution is -0.144. The minimum absolute atomic E-state index is 0.106. The van der Waals surface area contributed by atoms with Gasteiger partial charge < -0.3 is 0 Å². The molecule has 1 aromatic heterocycles. The number of halogens is 3. The van der Waals surface area contributed by atoms with Crippen LogP contribution in [0.15, 0.2) is 53.6 Å². The number of aromatic nitrogens is 2. The zero-order chi connectivity index (χ0) is 18.9. The summed E-state index contributed by atoms with van der Waals surface area (Å²) < 4.78 is 39.4. The van der Waals surface area contributed by atoms with Crippen LogP contribution in [0.4, 0.5) is 19.0 Å².